The summed E-state index contributed by atoms with van der Waals surface area (Å²) < 4.78 is 19.9. The zero-order valence-corrected chi connectivity index (χ0v) is 18.9. The van der Waals surface area contributed by atoms with Gasteiger partial charge in [0.25, 0.3) is 0 Å². The first kappa shape index (κ1) is 27.4. The molecule has 168 valence electrons. The lowest BCUT2D eigenvalue weighted by Crippen LogP contribution is -2.52. The Hall–Kier alpha value is -1.57. The minimum atomic E-state index is -0.809. The summed E-state index contributed by atoms with van der Waals surface area (Å²) in [6.45, 7) is 8.57. The Kier molecular flexibility index (Phi) is 13.6. The van der Waals surface area contributed by atoms with Gasteiger partial charge in [0.1, 0.15) is 18.2 Å². The maximum Gasteiger partial charge on any atom is 0.408 e. The van der Waals surface area contributed by atoms with Gasteiger partial charge in [-0.05, 0) is 39.5 Å². The molecule has 3 N–H and O–H groups in total. The molecule has 9 nitrogen and oxygen atoms in total. The van der Waals surface area contributed by atoms with Crippen molar-refractivity contribution in [2.24, 2.45) is 5.92 Å². The predicted molar refractivity (Wildman–Crippen MR) is 109 cm³/mol. The zero-order valence-electron chi connectivity index (χ0n) is 18.0. The summed E-state index contributed by atoms with van der Waals surface area (Å²) in [6, 6.07) is -1.22. The monoisotopic (exact) mass is 434 g/mol. The van der Waals surface area contributed by atoms with Crippen molar-refractivity contribution >= 4 is 26.5 Å². The highest BCUT2D eigenvalue weighted by Gasteiger charge is 2.26. The summed E-state index contributed by atoms with van der Waals surface area (Å²) >= 11 is 0. The van der Waals surface area contributed by atoms with Crippen LogP contribution in [0, 0.1) is 5.92 Å². The van der Waals surface area contributed by atoms with Crippen molar-refractivity contribution in [1.82, 2.24) is 10.6 Å². The lowest BCUT2D eigenvalue weighted by molar-refractivity contribution is -0.125. The van der Waals surface area contributed by atoms with Crippen molar-refractivity contribution in [2.75, 3.05) is 13.2 Å². The summed E-state index contributed by atoms with van der Waals surface area (Å²) in [5.41, 5.74) is -0.692. The van der Waals surface area contributed by atoms with E-state index in [0.29, 0.717) is 32.1 Å². The van der Waals surface area contributed by atoms with Crippen molar-refractivity contribution in [3.8, 4) is 0 Å². The third-order valence-electron chi connectivity index (χ3n) is 4.06. The van der Waals surface area contributed by atoms with Crippen LogP contribution < -0.4 is 10.6 Å². The Morgan fingerprint density at radius 1 is 1.07 bits per heavy atom. The fourth-order valence-electron chi connectivity index (χ4n) is 2.44. The van der Waals surface area contributed by atoms with Gasteiger partial charge in [0, 0.05) is 6.42 Å². The minimum absolute atomic E-state index is 0.0351. The average molecular weight is 434 g/mol. The molecule has 10 heteroatoms. The lowest BCUT2D eigenvalue weighted by atomic mass is 10.0. The highest BCUT2D eigenvalue weighted by Crippen LogP contribution is 2.11. The number of ketones is 1. The van der Waals surface area contributed by atoms with E-state index in [9.17, 15) is 24.1 Å². The molecule has 0 unspecified atom stereocenters. The van der Waals surface area contributed by atoms with E-state index in [-0.39, 0.29) is 30.8 Å². The third-order valence-corrected chi connectivity index (χ3v) is 4.30. The fourth-order valence-corrected chi connectivity index (χ4v) is 2.64. The second-order valence-corrected chi connectivity index (χ2v) is 8.63. The van der Waals surface area contributed by atoms with Crippen LogP contribution in [0.3, 0.4) is 0 Å². The average Bonchev–Trinajstić information content (AvgIpc) is 2.60. The molecule has 0 aliphatic rings. The van der Waals surface area contributed by atoms with Crippen molar-refractivity contribution in [2.45, 2.75) is 84.4 Å². The molecule has 2 amide bonds. The van der Waals surface area contributed by atoms with Crippen LogP contribution in [0.25, 0.3) is 0 Å². The number of carbonyl (C=O) groups excluding carboxylic acids is 3. The van der Waals surface area contributed by atoms with Gasteiger partial charge < -0.3 is 20.5 Å². The van der Waals surface area contributed by atoms with E-state index in [2.05, 4.69) is 15.2 Å². The van der Waals surface area contributed by atoms with Crippen molar-refractivity contribution in [3.05, 3.63) is 0 Å². The molecule has 0 aliphatic heterocycles. The van der Waals surface area contributed by atoms with Gasteiger partial charge in [-0.25, -0.2) is 9.36 Å². The number of aliphatic hydroxyl groups is 1. The molecule has 0 spiro atoms. The number of amides is 2. The SMILES string of the molecule is CC(C)[C@@H](CO)NC(=O)[C@H](CCCCCC(=O)COP=O)NC(=O)OC(C)(C)C. The number of alkyl carbamates (subject to hydrolysis) is 1. The van der Waals surface area contributed by atoms with Crippen LogP contribution in [0.4, 0.5) is 4.79 Å². The van der Waals surface area contributed by atoms with E-state index in [0.717, 1.165) is 0 Å². The highest BCUT2D eigenvalue weighted by atomic mass is 31.1. The zero-order chi connectivity index (χ0) is 22.4. The van der Waals surface area contributed by atoms with Gasteiger partial charge in [-0.1, -0.05) is 26.7 Å². The molecule has 0 fully saturated rings. The number of ether oxygens (including phenoxy) is 1. The molecule has 0 radical (unpaired) electrons. The summed E-state index contributed by atoms with van der Waals surface area (Å²) in [7, 11) is -0.517. The van der Waals surface area contributed by atoms with E-state index in [4.69, 9.17) is 4.74 Å². The molecule has 0 aromatic carbocycles. The molecule has 29 heavy (non-hydrogen) atoms. The van der Waals surface area contributed by atoms with Crippen LogP contribution >= 0.6 is 8.69 Å². The molecule has 0 aliphatic carbocycles. The standard InChI is InChI=1S/C19H35N2O7P/c1-13(2)16(11-22)20-17(24)15(21-18(25)28-19(3,4)5)10-8-6-7-9-14(23)12-27-29-26/h13,15-16,22H,6-12H2,1-5H3,(H,20,24)(H,21,25)/t15-,16+/m0/s1. The Bertz CT molecular complexity index is 535. The lowest BCUT2D eigenvalue weighted by Gasteiger charge is -2.26. The second kappa shape index (κ2) is 14.4. The van der Waals surface area contributed by atoms with Gasteiger partial charge in [0.05, 0.1) is 12.6 Å². The Labute approximate surface area is 174 Å². The second-order valence-electron chi connectivity index (χ2n) is 8.23. The van der Waals surface area contributed by atoms with Crippen LogP contribution in [0.1, 0.15) is 66.7 Å². The number of aliphatic hydroxyl groups excluding tert-OH is 1. The number of Topliss-reactive ketones (excluding diaryl/α,β-unsaturated/α-hetero) is 1. The van der Waals surface area contributed by atoms with Gasteiger partial charge in [0.2, 0.25) is 5.91 Å². The first-order valence-electron chi connectivity index (χ1n) is 9.87. The van der Waals surface area contributed by atoms with E-state index in [1.807, 2.05) is 13.8 Å². The maximum atomic E-state index is 12.6. The summed E-state index contributed by atoms with van der Waals surface area (Å²) in [6.07, 6.45) is 1.86. The third kappa shape index (κ3) is 14.1. The largest absolute Gasteiger partial charge is 0.444 e. The van der Waals surface area contributed by atoms with Gasteiger partial charge in [-0.2, -0.15) is 0 Å². The van der Waals surface area contributed by atoms with E-state index in [1.165, 1.54) is 0 Å². The van der Waals surface area contributed by atoms with Crippen molar-refractivity contribution in [1.29, 1.82) is 0 Å². The number of hydrogen-bond acceptors (Lipinski definition) is 7. The molecule has 0 bridgehead atoms. The highest BCUT2D eigenvalue weighted by molar-refractivity contribution is 7.17. The molecule has 0 heterocycles. The number of unbranched alkanes of at least 4 members (excludes halogenated alkanes) is 2. The van der Waals surface area contributed by atoms with Gasteiger partial charge in [0.15, 0.2) is 5.78 Å². The molecule has 0 saturated carbocycles. The molecule has 0 saturated heterocycles. The van der Waals surface area contributed by atoms with E-state index < -0.39 is 32.5 Å². The molecule has 0 aromatic rings. The minimum Gasteiger partial charge on any atom is -0.444 e. The molecule has 0 aromatic heterocycles. The number of hydrogen-bond donors (Lipinski definition) is 3. The van der Waals surface area contributed by atoms with Gasteiger partial charge in [-0.3, -0.25) is 14.1 Å². The predicted octanol–water partition coefficient (Wildman–Crippen LogP) is 2.76. The normalized spacial score (nSPS) is 13.8. The van der Waals surface area contributed by atoms with Gasteiger partial charge in [-0.15, -0.1) is 0 Å². The number of carbonyl (C=O) groups is 3. The molecule has 0 rings (SSSR count). The first-order valence-corrected chi connectivity index (χ1v) is 10.6. The molecule has 2 atom stereocenters. The van der Waals surface area contributed by atoms with Crippen LogP contribution in [0.15, 0.2) is 0 Å². The number of nitrogens with one attached hydrogen (secondary N) is 2. The molecular formula is C19H35N2O7P. The van der Waals surface area contributed by atoms with Crippen LogP contribution in [0.2, 0.25) is 0 Å². The first-order chi connectivity index (χ1) is 13.5. The Morgan fingerprint density at radius 2 is 1.72 bits per heavy atom. The molecular weight excluding hydrogens is 399 g/mol. The number of rotatable bonds is 14. The summed E-state index contributed by atoms with van der Waals surface area (Å²) in [4.78, 5) is 36.2. The smallest absolute Gasteiger partial charge is 0.408 e. The Morgan fingerprint density at radius 3 is 2.24 bits per heavy atom. The van der Waals surface area contributed by atoms with Crippen LogP contribution in [0.5, 0.6) is 0 Å². The van der Waals surface area contributed by atoms with Crippen LogP contribution in [-0.4, -0.2) is 53.8 Å². The maximum absolute atomic E-state index is 12.6. The van der Waals surface area contributed by atoms with Crippen molar-refractivity contribution in [3.63, 3.8) is 0 Å². The fraction of sp³-hybridized carbons (Fsp3) is 0.842. The topological polar surface area (TPSA) is 131 Å². The van der Waals surface area contributed by atoms with Crippen molar-refractivity contribution < 1.29 is 33.3 Å². The van der Waals surface area contributed by atoms with Gasteiger partial charge >= 0.3 is 14.8 Å². The quantitative estimate of drug-likeness (QED) is 0.283. The summed E-state index contributed by atoms with van der Waals surface area (Å²) in [5, 5.41) is 14.8. The summed E-state index contributed by atoms with van der Waals surface area (Å²) in [5.74, 6) is -0.493. The van der Waals surface area contributed by atoms with E-state index >= 15 is 0 Å². The Balaban J connectivity index is 4.70. The van der Waals surface area contributed by atoms with Crippen LogP contribution in [-0.2, 0) is 23.4 Å². The van der Waals surface area contributed by atoms with E-state index in [1.54, 1.807) is 20.8 Å².